The average molecular weight is 793 g/mol. The van der Waals surface area contributed by atoms with E-state index in [1.807, 2.05) is 0 Å². The van der Waals surface area contributed by atoms with E-state index in [2.05, 4.69) is 20.2 Å². The molecule has 2 aromatic carbocycles. The maximum atomic E-state index is 13.9. The molecule has 0 aliphatic carbocycles. The molecule has 6 aromatic rings. The van der Waals surface area contributed by atoms with E-state index in [0.29, 0.717) is 53.1 Å². The number of hydrogen-bond acceptors (Lipinski definition) is 10. The maximum absolute atomic E-state index is 13.9. The van der Waals surface area contributed by atoms with Gasteiger partial charge in [-0.25, -0.2) is 27.5 Å². The largest absolute Gasteiger partial charge is 0.496 e. The van der Waals surface area contributed by atoms with Crippen LogP contribution in [-0.4, -0.2) is 74.6 Å². The second-order valence-electron chi connectivity index (χ2n) is 12.4. The van der Waals surface area contributed by atoms with Crippen molar-refractivity contribution in [3.8, 4) is 39.9 Å². The zero-order valence-corrected chi connectivity index (χ0v) is 31.1. The highest BCUT2D eigenvalue weighted by Gasteiger charge is 2.24. The van der Waals surface area contributed by atoms with Crippen LogP contribution in [0.1, 0.15) is 32.1 Å². The number of ketones is 2. The van der Waals surface area contributed by atoms with E-state index in [-0.39, 0.29) is 33.8 Å². The van der Waals surface area contributed by atoms with Gasteiger partial charge in [-0.2, -0.15) is 10.2 Å². The number of pyridine rings is 2. The molecule has 5 heterocycles. The SMILES string of the molecule is COc1cc(Cl)ncc1-c1cc(C(=O)Cc2c(F)cccc2F)nn1C.COc1cc(OC2COC2)ncc1-c1cc(C(=O)Cc2c(F)cccc2F)nn1C. The predicted molar refractivity (Wildman–Crippen MR) is 195 cm³/mol. The van der Waals surface area contributed by atoms with Gasteiger partial charge in [0, 0.05) is 62.6 Å². The normalized spacial score (nSPS) is 12.4. The van der Waals surface area contributed by atoms with E-state index in [9.17, 15) is 27.2 Å². The number of aryl methyl sites for hydroxylation is 2. The van der Waals surface area contributed by atoms with Crippen molar-refractivity contribution in [3.05, 3.63) is 124 Å². The van der Waals surface area contributed by atoms with Crippen LogP contribution in [0.15, 0.2) is 73.1 Å². The molecule has 1 saturated heterocycles. The quantitative estimate of drug-likeness (QED) is 0.0739. The molecule has 4 aromatic heterocycles. The minimum absolute atomic E-state index is 0.0345. The first-order chi connectivity index (χ1) is 26.9. The molecular weight excluding hydrogens is 760 g/mol. The Bertz CT molecular complexity index is 2380. The van der Waals surface area contributed by atoms with Gasteiger partial charge in [0.15, 0.2) is 11.6 Å². The standard InChI is InChI=1S/C21H19F2N3O4.C18H14ClF2N3O2/c1-26-18(14-9-24-21(8-20(14)28-2)30-12-10-29-11-12)7-17(25-26)19(27)6-13-15(22)4-3-5-16(13)23;1-24-15(11-9-22-18(19)8-17(11)26-2)7-14(23-24)16(25)6-10-12(20)4-3-5-13(10)21/h3-5,7-9,12H,6,10-11H2,1-2H3;3-5,7-9H,6H2,1-2H3. The highest BCUT2D eigenvalue weighted by atomic mass is 35.5. The lowest BCUT2D eigenvalue weighted by atomic mass is 10.0. The predicted octanol–water partition coefficient (Wildman–Crippen LogP) is 6.82. The molecule has 1 fully saturated rings. The molecule has 1 aliphatic heterocycles. The zero-order chi connectivity index (χ0) is 40.1. The lowest BCUT2D eigenvalue weighted by molar-refractivity contribution is -0.0813. The van der Waals surface area contributed by atoms with Crippen LogP contribution in [0.4, 0.5) is 17.6 Å². The molecule has 0 bridgehead atoms. The zero-order valence-electron chi connectivity index (χ0n) is 30.4. The summed E-state index contributed by atoms with van der Waals surface area (Å²) in [6.45, 7) is 1.03. The molecule has 12 nitrogen and oxygen atoms in total. The number of halogens is 5. The number of methoxy groups -OCH3 is 2. The van der Waals surface area contributed by atoms with Crippen molar-refractivity contribution in [2.45, 2.75) is 18.9 Å². The van der Waals surface area contributed by atoms with Crippen LogP contribution in [0.2, 0.25) is 5.15 Å². The average Bonchev–Trinajstić information content (AvgIpc) is 3.75. The Morgan fingerprint density at radius 3 is 1.61 bits per heavy atom. The molecule has 290 valence electrons. The molecule has 0 saturated carbocycles. The van der Waals surface area contributed by atoms with Crippen molar-refractivity contribution in [2.24, 2.45) is 14.1 Å². The Kier molecular flexibility index (Phi) is 12.1. The third-order valence-corrected chi connectivity index (χ3v) is 8.90. The van der Waals surface area contributed by atoms with E-state index >= 15 is 0 Å². The molecule has 7 rings (SSSR count). The van der Waals surface area contributed by atoms with Gasteiger partial charge in [0.05, 0.1) is 49.9 Å². The van der Waals surface area contributed by atoms with Gasteiger partial charge in [-0.05, 0) is 36.4 Å². The first kappa shape index (κ1) is 39.6. The Balaban J connectivity index is 0.000000192. The van der Waals surface area contributed by atoms with Crippen LogP contribution >= 0.6 is 11.6 Å². The van der Waals surface area contributed by atoms with Crippen LogP contribution in [0, 0.1) is 23.3 Å². The molecule has 56 heavy (non-hydrogen) atoms. The summed E-state index contributed by atoms with van der Waals surface area (Å²) in [4.78, 5) is 33.3. The topological polar surface area (TPSA) is 132 Å². The van der Waals surface area contributed by atoms with Crippen molar-refractivity contribution in [1.82, 2.24) is 29.5 Å². The van der Waals surface area contributed by atoms with Gasteiger partial charge in [-0.1, -0.05) is 23.7 Å². The lowest BCUT2D eigenvalue weighted by Gasteiger charge is -2.26. The Morgan fingerprint density at radius 1 is 0.732 bits per heavy atom. The summed E-state index contributed by atoms with van der Waals surface area (Å²) in [6.07, 6.45) is 2.18. The summed E-state index contributed by atoms with van der Waals surface area (Å²) < 4.78 is 79.7. The van der Waals surface area contributed by atoms with E-state index in [0.717, 1.165) is 24.3 Å². The Hall–Kier alpha value is -6.13. The summed E-state index contributed by atoms with van der Waals surface area (Å²) in [7, 11) is 6.30. The first-order valence-corrected chi connectivity index (χ1v) is 17.2. The van der Waals surface area contributed by atoms with Gasteiger partial charge in [0.25, 0.3) is 0 Å². The summed E-state index contributed by atoms with van der Waals surface area (Å²) in [5.41, 5.74) is 1.92. The second kappa shape index (κ2) is 17.1. The number of ether oxygens (including phenoxy) is 4. The minimum Gasteiger partial charge on any atom is -0.496 e. The number of carbonyl (C=O) groups is 2. The molecule has 1 aliphatic rings. The van der Waals surface area contributed by atoms with Crippen molar-refractivity contribution >= 4 is 23.2 Å². The van der Waals surface area contributed by atoms with E-state index in [1.165, 1.54) is 48.0 Å². The van der Waals surface area contributed by atoms with Crippen molar-refractivity contribution in [1.29, 1.82) is 0 Å². The summed E-state index contributed by atoms with van der Waals surface area (Å²) in [5.74, 6) is -2.71. The highest BCUT2D eigenvalue weighted by Crippen LogP contribution is 2.34. The smallest absolute Gasteiger partial charge is 0.217 e. The van der Waals surface area contributed by atoms with E-state index < -0.39 is 47.7 Å². The minimum atomic E-state index is -0.766. The first-order valence-electron chi connectivity index (χ1n) is 16.9. The number of carbonyl (C=O) groups excluding carboxylic acids is 2. The van der Waals surface area contributed by atoms with Gasteiger partial charge in [-0.15, -0.1) is 0 Å². The maximum Gasteiger partial charge on any atom is 0.217 e. The number of Topliss-reactive ketones (excluding diaryl/α,β-unsaturated/α-hetero) is 2. The lowest BCUT2D eigenvalue weighted by Crippen LogP contribution is -2.38. The van der Waals surface area contributed by atoms with E-state index in [1.54, 1.807) is 38.5 Å². The van der Waals surface area contributed by atoms with Crippen LogP contribution in [0.25, 0.3) is 22.5 Å². The summed E-state index contributed by atoms with van der Waals surface area (Å²) in [6, 6.07) is 13.2. The Labute approximate surface area is 322 Å². The van der Waals surface area contributed by atoms with Crippen molar-refractivity contribution in [2.75, 3.05) is 27.4 Å². The fourth-order valence-electron chi connectivity index (χ4n) is 5.69. The second-order valence-corrected chi connectivity index (χ2v) is 12.8. The number of benzene rings is 2. The Morgan fingerprint density at radius 2 is 1.18 bits per heavy atom. The van der Waals surface area contributed by atoms with Crippen LogP contribution in [0.3, 0.4) is 0 Å². The fourth-order valence-corrected chi connectivity index (χ4v) is 5.84. The van der Waals surface area contributed by atoms with Crippen molar-refractivity contribution in [3.63, 3.8) is 0 Å². The molecule has 0 N–H and O–H groups in total. The van der Waals surface area contributed by atoms with Crippen LogP contribution < -0.4 is 14.2 Å². The summed E-state index contributed by atoms with van der Waals surface area (Å²) >= 11 is 5.86. The van der Waals surface area contributed by atoms with Crippen LogP contribution in [0.5, 0.6) is 17.4 Å². The number of hydrogen-bond donors (Lipinski definition) is 0. The molecule has 17 heteroatoms. The number of aromatic nitrogens is 6. The molecule has 0 unspecified atom stereocenters. The molecule has 0 amide bonds. The van der Waals surface area contributed by atoms with Crippen LogP contribution in [-0.2, 0) is 31.7 Å². The molecular formula is C39H33ClF4N6O6. The highest BCUT2D eigenvalue weighted by molar-refractivity contribution is 6.29. The monoisotopic (exact) mass is 792 g/mol. The number of nitrogens with zero attached hydrogens (tertiary/aromatic N) is 6. The number of rotatable bonds is 12. The van der Waals surface area contributed by atoms with Gasteiger partial charge >= 0.3 is 0 Å². The molecule has 0 radical (unpaired) electrons. The van der Waals surface area contributed by atoms with Crippen molar-refractivity contribution < 1.29 is 46.1 Å². The van der Waals surface area contributed by atoms with Gasteiger partial charge in [0.1, 0.15) is 57.4 Å². The third-order valence-electron chi connectivity index (χ3n) is 8.69. The fraction of sp³-hybridized carbons (Fsp3) is 0.231. The van der Waals surface area contributed by atoms with Gasteiger partial charge < -0.3 is 18.9 Å². The molecule has 0 spiro atoms. The van der Waals surface area contributed by atoms with Gasteiger partial charge in [-0.3, -0.25) is 19.0 Å². The van der Waals surface area contributed by atoms with Gasteiger partial charge in [0.2, 0.25) is 5.88 Å². The third kappa shape index (κ3) is 8.71. The molecule has 0 atom stereocenters. The van der Waals surface area contributed by atoms with E-state index in [4.69, 9.17) is 30.5 Å². The summed E-state index contributed by atoms with van der Waals surface area (Å²) in [5, 5.41) is 8.61.